The molecule has 29 heavy (non-hydrogen) atoms. The fraction of sp³-hybridized carbons (Fsp3) is 0.500. The molecule has 17 heteroatoms. The highest BCUT2D eigenvalue weighted by molar-refractivity contribution is 9.10. The molecule has 2 nitrogen and oxygen atoms in total. The van der Waals surface area contributed by atoms with Crippen LogP contribution in [0.1, 0.15) is 11.1 Å². The zero-order chi connectivity index (χ0) is 23.4. The Hall–Kier alpha value is -0.180. The quantitative estimate of drug-likeness (QED) is 0.283. The van der Waals surface area contributed by atoms with Crippen LogP contribution < -0.4 is 0 Å². The van der Waals surface area contributed by atoms with E-state index in [0.29, 0.717) is 0 Å². The Morgan fingerprint density at radius 1 is 0.828 bits per heavy atom. The van der Waals surface area contributed by atoms with Gasteiger partial charge in [-0.05, 0) is 17.7 Å². The molecule has 0 unspecified atom stereocenters. The summed E-state index contributed by atoms with van der Waals surface area (Å²) < 4.78 is 151. The average molecular weight is 588 g/mol. The lowest BCUT2D eigenvalue weighted by atomic mass is 9.89. The molecule has 0 atom stereocenters. The Morgan fingerprint density at radius 3 is 1.55 bits per heavy atom. The SMILES string of the molecule is O=S(=O)(c1cc(Br)c(CC(Cl)(Cl)Cl)c(C(F)(C(F)(F)F)C(F)(F)F)c1)C(F)(F)F. The molecule has 0 spiro atoms. The number of rotatable bonds is 3. The van der Waals surface area contributed by atoms with Gasteiger partial charge in [0.1, 0.15) is 0 Å². The van der Waals surface area contributed by atoms with Gasteiger partial charge in [0.05, 0.1) is 4.90 Å². The van der Waals surface area contributed by atoms with Crippen molar-refractivity contribution in [1.82, 2.24) is 0 Å². The van der Waals surface area contributed by atoms with Crippen molar-refractivity contribution in [3.8, 4) is 0 Å². The molecule has 0 aliphatic rings. The molecule has 1 rings (SSSR count). The van der Waals surface area contributed by atoms with Crippen LogP contribution in [0.25, 0.3) is 0 Å². The lowest BCUT2D eigenvalue weighted by Gasteiger charge is -2.33. The van der Waals surface area contributed by atoms with Gasteiger partial charge >= 0.3 is 23.5 Å². The van der Waals surface area contributed by atoms with Crippen LogP contribution >= 0.6 is 50.7 Å². The zero-order valence-electron chi connectivity index (χ0n) is 12.9. The van der Waals surface area contributed by atoms with Crippen molar-refractivity contribution in [2.75, 3.05) is 0 Å². The van der Waals surface area contributed by atoms with E-state index in [-0.39, 0.29) is 6.07 Å². The fourth-order valence-corrected chi connectivity index (χ4v) is 4.02. The molecule has 0 aromatic heterocycles. The van der Waals surface area contributed by atoms with E-state index in [1.54, 1.807) is 0 Å². The van der Waals surface area contributed by atoms with Gasteiger partial charge in [-0.15, -0.1) is 0 Å². The van der Waals surface area contributed by atoms with Crippen molar-refractivity contribution in [2.45, 2.75) is 38.6 Å². The minimum Gasteiger partial charge on any atom is -0.218 e. The van der Waals surface area contributed by atoms with Crippen LogP contribution in [0.4, 0.5) is 43.9 Å². The predicted molar refractivity (Wildman–Crippen MR) is 86.3 cm³/mol. The largest absolute Gasteiger partial charge is 0.501 e. The monoisotopic (exact) mass is 586 g/mol. The van der Waals surface area contributed by atoms with Crippen molar-refractivity contribution in [1.29, 1.82) is 0 Å². The first-order valence-corrected chi connectivity index (χ1v) is 9.91. The van der Waals surface area contributed by atoms with Crippen LogP contribution in [0.5, 0.6) is 0 Å². The van der Waals surface area contributed by atoms with E-state index >= 15 is 0 Å². The summed E-state index contributed by atoms with van der Waals surface area (Å²) in [6.45, 7) is 0. The van der Waals surface area contributed by atoms with Crippen molar-refractivity contribution < 1.29 is 52.3 Å². The molecule has 0 aliphatic carbocycles. The summed E-state index contributed by atoms with van der Waals surface area (Å²) in [5, 5.41) is 0. The molecule has 0 amide bonds. The summed E-state index contributed by atoms with van der Waals surface area (Å²) in [7, 11) is -6.46. The van der Waals surface area contributed by atoms with E-state index in [4.69, 9.17) is 34.8 Å². The van der Waals surface area contributed by atoms with Gasteiger partial charge in [0, 0.05) is 16.5 Å². The van der Waals surface area contributed by atoms with Crippen molar-refractivity contribution in [2.24, 2.45) is 0 Å². The van der Waals surface area contributed by atoms with Crippen LogP contribution in [-0.4, -0.2) is 30.1 Å². The average Bonchev–Trinajstić information content (AvgIpc) is 2.43. The summed E-state index contributed by atoms with van der Waals surface area (Å²) >= 11 is 18.3. The summed E-state index contributed by atoms with van der Waals surface area (Å²) in [5.74, 6) is 0. The summed E-state index contributed by atoms with van der Waals surface area (Å²) in [6.07, 6.45) is -14.9. The highest BCUT2D eigenvalue weighted by Crippen LogP contribution is 2.56. The second-order valence-electron chi connectivity index (χ2n) is 5.33. The Bertz CT molecular complexity index is 873. The summed E-state index contributed by atoms with van der Waals surface area (Å²) in [4.78, 5) is -2.09. The molecule has 0 radical (unpaired) electrons. The first kappa shape index (κ1) is 26.9. The van der Waals surface area contributed by atoms with E-state index in [2.05, 4.69) is 15.9 Å². The third-order valence-electron chi connectivity index (χ3n) is 3.31. The molecule has 0 heterocycles. The van der Waals surface area contributed by atoms with Gasteiger partial charge in [-0.25, -0.2) is 12.8 Å². The number of sulfone groups is 1. The van der Waals surface area contributed by atoms with Gasteiger partial charge in [-0.3, -0.25) is 0 Å². The van der Waals surface area contributed by atoms with E-state index < -0.39 is 70.1 Å². The van der Waals surface area contributed by atoms with Gasteiger partial charge in [0.2, 0.25) is 0 Å². The first-order valence-electron chi connectivity index (χ1n) is 6.50. The predicted octanol–water partition coefficient (Wildman–Crippen LogP) is 6.94. The third kappa shape index (κ3) is 5.18. The van der Waals surface area contributed by atoms with Gasteiger partial charge in [0.25, 0.3) is 9.84 Å². The first-order chi connectivity index (χ1) is 12.5. The fourth-order valence-electron chi connectivity index (χ4n) is 2.05. The Labute approximate surface area is 179 Å². The molecule has 1 aromatic rings. The van der Waals surface area contributed by atoms with E-state index in [0.717, 1.165) is 0 Å². The smallest absolute Gasteiger partial charge is 0.218 e. The molecule has 0 N–H and O–H groups in total. The van der Waals surface area contributed by atoms with Crippen LogP contribution in [0.2, 0.25) is 0 Å². The van der Waals surface area contributed by atoms with Crippen molar-refractivity contribution in [3.05, 3.63) is 27.7 Å². The number of halogens is 14. The number of benzene rings is 1. The van der Waals surface area contributed by atoms with Crippen LogP contribution in [0, 0.1) is 0 Å². The molecular weight excluding hydrogens is 584 g/mol. The normalized spacial score (nSPS) is 15.0. The lowest BCUT2D eigenvalue weighted by molar-refractivity contribution is -0.349. The minimum absolute atomic E-state index is 0.0191. The summed E-state index contributed by atoms with van der Waals surface area (Å²) in [5.41, 5.74) is -16.3. The van der Waals surface area contributed by atoms with Crippen LogP contribution in [0.15, 0.2) is 21.5 Å². The number of hydrogen-bond donors (Lipinski definition) is 0. The van der Waals surface area contributed by atoms with Crippen molar-refractivity contribution >= 4 is 60.6 Å². The maximum absolute atomic E-state index is 14.5. The number of alkyl halides is 13. The van der Waals surface area contributed by atoms with Gasteiger partial charge in [0.15, 0.2) is 3.79 Å². The second kappa shape index (κ2) is 7.75. The highest BCUT2D eigenvalue weighted by Gasteiger charge is 2.74. The summed E-state index contributed by atoms with van der Waals surface area (Å²) in [6, 6.07) is -0.717. The maximum atomic E-state index is 14.5. The standard InChI is InChI=1S/C12H4BrCl3F10O2S/c13-7-2-4(29(27,28)12(24,25)26)1-6(5(7)3-8(14,15)16)9(17,10(18,19)20)11(21,22)23/h1-2H,3H2. The Morgan fingerprint density at radius 2 is 1.24 bits per heavy atom. The Kier molecular flexibility index (Phi) is 7.18. The van der Waals surface area contributed by atoms with Gasteiger partial charge in [-0.1, -0.05) is 50.7 Å². The molecule has 0 saturated heterocycles. The van der Waals surface area contributed by atoms with Crippen LogP contribution in [-0.2, 0) is 21.9 Å². The number of hydrogen-bond acceptors (Lipinski definition) is 2. The third-order valence-corrected chi connectivity index (χ3v) is 5.89. The van der Waals surface area contributed by atoms with Crippen molar-refractivity contribution in [3.63, 3.8) is 0 Å². The molecule has 0 aliphatic heterocycles. The minimum atomic E-state index is -6.77. The molecule has 0 bridgehead atoms. The zero-order valence-corrected chi connectivity index (χ0v) is 17.5. The van der Waals surface area contributed by atoms with Crippen LogP contribution in [0.3, 0.4) is 0 Å². The van der Waals surface area contributed by atoms with Gasteiger partial charge < -0.3 is 0 Å². The molecule has 0 saturated carbocycles. The highest BCUT2D eigenvalue weighted by atomic mass is 79.9. The molecule has 168 valence electrons. The second-order valence-corrected chi connectivity index (χ2v) is 10.6. The lowest BCUT2D eigenvalue weighted by Crippen LogP contribution is -2.51. The van der Waals surface area contributed by atoms with E-state index in [1.165, 1.54) is 0 Å². The van der Waals surface area contributed by atoms with Gasteiger partial charge in [-0.2, -0.15) is 39.5 Å². The van der Waals surface area contributed by atoms with E-state index in [9.17, 15) is 52.3 Å². The molecular formula is C12H4BrCl3F10O2S. The maximum Gasteiger partial charge on any atom is 0.501 e. The van der Waals surface area contributed by atoms with E-state index in [1.807, 2.05) is 0 Å². The topological polar surface area (TPSA) is 34.1 Å². The Balaban J connectivity index is 4.14. The molecule has 0 fully saturated rings. The molecule has 1 aromatic carbocycles.